The molecule has 0 aromatic heterocycles. The minimum atomic E-state index is -0.978. The molecule has 1 aliphatic rings. The maximum atomic E-state index is 11.8. The first-order valence-corrected chi connectivity index (χ1v) is 6.84. The highest BCUT2D eigenvalue weighted by Gasteiger charge is 2.49. The molecule has 1 aromatic carbocycles. The standard InChI is InChI=1S/C13H16ClN3O4/c1-16-13(12(15)18,8-2-3-8)7-21-11-6-9(17(19)20)4-5-10(11)14/h4-6,8,16H,2-3,7H2,1H3,(H2,15,18). The van der Waals surface area contributed by atoms with E-state index in [-0.39, 0.29) is 29.0 Å². The van der Waals surface area contributed by atoms with Crippen molar-refractivity contribution in [3.8, 4) is 5.75 Å². The Kier molecular flexibility index (Phi) is 4.34. The summed E-state index contributed by atoms with van der Waals surface area (Å²) in [5.74, 6) is -0.237. The van der Waals surface area contributed by atoms with Crippen LogP contribution in [0.5, 0.6) is 5.75 Å². The molecule has 21 heavy (non-hydrogen) atoms. The first-order valence-electron chi connectivity index (χ1n) is 6.46. The van der Waals surface area contributed by atoms with E-state index in [1.54, 1.807) is 7.05 Å². The maximum absolute atomic E-state index is 11.8. The molecular formula is C13H16ClN3O4. The third-order valence-electron chi connectivity index (χ3n) is 3.74. The Bertz CT molecular complexity index is 577. The van der Waals surface area contributed by atoms with E-state index in [4.69, 9.17) is 22.1 Å². The molecule has 1 atom stereocenters. The first-order chi connectivity index (χ1) is 9.90. The molecule has 1 aliphatic carbocycles. The number of nitrogens with two attached hydrogens (primary N) is 1. The van der Waals surface area contributed by atoms with Gasteiger partial charge in [-0.2, -0.15) is 0 Å². The Morgan fingerprint density at radius 3 is 2.76 bits per heavy atom. The molecule has 114 valence electrons. The lowest BCUT2D eigenvalue weighted by Gasteiger charge is -2.30. The van der Waals surface area contributed by atoms with Crippen LogP contribution in [0.3, 0.4) is 0 Å². The SMILES string of the molecule is CNC(COc1cc([N+](=O)[O-])ccc1Cl)(C(N)=O)C1CC1. The van der Waals surface area contributed by atoms with Crippen molar-refractivity contribution in [1.82, 2.24) is 5.32 Å². The number of nitrogens with zero attached hydrogens (tertiary/aromatic N) is 1. The third kappa shape index (κ3) is 3.08. The Hall–Kier alpha value is -1.86. The van der Waals surface area contributed by atoms with E-state index in [1.807, 2.05) is 0 Å². The third-order valence-corrected chi connectivity index (χ3v) is 4.05. The van der Waals surface area contributed by atoms with Crippen LogP contribution in [0.4, 0.5) is 5.69 Å². The van der Waals surface area contributed by atoms with Crippen molar-refractivity contribution in [1.29, 1.82) is 0 Å². The lowest BCUT2D eigenvalue weighted by atomic mass is 9.93. The summed E-state index contributed by atoms with van der Waals surface area (Å²) in [6, 6.07) is 3.91. The Balaban J connectivity index is 2.19. The van der Waals surface area contributed by atoms with Crippen molar-refractivity contribution in [3.63, 3.8) is 0 Å². The van der Waals surface area contributed by atoms with E-state index in [0.717, 1.165) is 12.8 Å². The van der Waals surface area contributed by atoms with Gasteiger partial charge in [-0.1, -0.05) is 11.6 Å². The molecular weight excluding hydrogens is 298 g/mol. The fourth-order valence-electron chi connectivity index (χ4n) is 2.27. The van der Waals surface area contributed by atoms with Crippen LogP contribution in [0.25, 0.3) is 0 Å². The van der Waals surface area contributed by atoms with Crippen molar-refractivity contribution < 1.29 is 14.5 Å². The molecule has 1 fully saturated rings. The van der Waals surface area contributed by atoms with Crippen molar-refractivity contribution in [3.05, 3.63) is 33.3 Å². The van der Waals surface area contributed by atoms with Crippen LogP contribution in [0.2, 0.25) is 5.02 Å². The number of primary amides is 1. The Labute approximate surface area is 126 Å². The zero-order valence-electron chi connectivity index (χ0n) is 11.5. The first kappa shape index (κ1) is 15.5. The van der Waals surface area contributed by atoms with Crippen LogP contribution in [0.15, 0.2) is 18.2 Å². The van der Waals surface area contributed by atoms with Crippen molar-refractivity contribution in [2.24, 2.45) is 11.7 Å². The summed E-state index contributed by atoms with van der Waals surface area (Å²) >= 11 is 5.96. The second-order valence-electron chi connectivity index (χ2n) is 5.02. The van der Waals surface area contributed by atoms with Crippen LogP contribution in [0.1, 0.15) is 12.8 Å². The number of likely N-dealkylation sites (N-methyl/N-ethyl adjacent to an activating group) is 1. The van der Waals surface area contributed by atoms with Gasteiger partial charge in [0.2, 0.25) is 5.91 Å². The van der Waals surface area contributed by atoms with Gasteiger partial charge in [0.25, 0.3) is 5.69 Å². The Morgan fingerprint density at radius 1 is 1.62 bits per heavy atom. The molecule has 1 aromatic rings. The molecule has 0 bridgehead atoms. The second-order valence-corrected chi connectivity index (χ2v) is 5.43. The van der Waals surface area contributed by atoms with Crippen LogP contribution in [-0.2, 0) is 4.79 Å². The molecule has 0 aliphatic heterocycles. The lowest BCUT2D eigenvalue weighted by molar-refractivity contribution is -0.384. The fraction of sp³-hybridized carbons (Fsp3) is 0.462. The van der Waals surface area contributed by atoms with Crippen LogP contribution < -0.4 is 15.8 Å². The minimum absolute atomic E-state index is 0.0234. The van der Waals surface area contributed by atoms with Crippen molar-refractivity contribution in [2.45, 2.75) is 18.4 Å². The van der Waals surface area contributed by atoms with Gasteiger partial charge in [0, 0.05) is 6.07 Å². The number of ether oxygens (including phenoxy) is 1. The van der Waals surface area contributed by atoms with E-state index >= 15 is 0 Å². The van der Waals surface area contributed by atoms with E-state index in [0.29, 0.717) is 0 Å². The van der Waals surface area contributed by atoms with E-state index in [2.05, 4.69) is 5.32 Å². The molecule has 0 radical (unpaired) electrons. The van der Waals surface area contributed by atoms with Gasteiger partial charge in [-0.15, -0.1) is 0 Å². The van der Waals surface area contributed by atoms with Crippen molar-refractivity contribution >= 4 is 23.2 Å². The zero-order chi connectivity index (χ0) is 15.6. The summed E-state index contributed by atoms with van der Waals surface area (Å²) in [4.78, 5) is 22.0. The summed E-state index contributed by atoms with van der Waals surface area (Å²) < 4.78 is 5.55. The summed E-state index contributed by atoms with van der Waals surface area (Å²) in [7, 11) is 1.64. The molecule has 1 amide bonds. The second kappa shape index (κ2) is 5.87. The van der Waals surface area contributed by atoms with Crippen LogP contribution in [0, 0.1) is 16.0 Å². The number of rotatable bonds is 7. The minimum Gasteiger partial charge on any atom is -0.489 e. The average molecular weight is 314 g/mol. The van der Waals surface area contributed by atoms with Gasteiger partial charge in [0.05, 0.1) is 16.0 Å². The molecule has 2 rings (SSSR count). The van der Waals surface area contributed by atoms with Gasteiger partial charge in [0.15, 0.2) is 0 Å². The summed E-state index contributed by atoms with van der Waals surface area (Å²) in [5.41, 5.74) is 4.37. The van der Waals surface area contributed by atoms with E-state index in [9.17, 15) is 14.9 Å². The summed E-state index contributed by atoms with van der Waals surface area (Å²) in [6.07, 6.45) is 1.77. The quantitative estimate of drug-likeness (QED) is 0.585. The number of benzene rings is 1. The van der Waals surface area contributed by atoms with Gasteiger partial charge in [0.1, 0.15) is 17.9 Å². The number of hydrogen-bond acceptors (Lipinski definition) is 5. The normalized spacial score (nSPS) is 17.0. The predicted octanol–water partition coefficient (Wildman–Crippen LogP) is 1.48. The van der Waals surface area contributed by atoms with E-state index < -0.39 is 16.4 Å². The largest absolute Gasteiger partial charge is 0.489 e. The van der Waals surface area contributed by atoms with Crippen LogP contribution >= 0.6 is 11.6 Å². The number of amides is 1. The smallest absolute Gasteiger partial charge is 0.273 e. The summed E-state index contributed by atoms with van der Waals surface area (Å²) in [6.45, 7) is -0.0234. The average Bonchev–Trinajstić information content (AvgIpc) is 3.26. The molecule has 0 heterocycles. The topological polar surface area (TPSA) is 107 Å². The number of hydrogen-bond donors (Lipinski definition) is 2. The van der Waals surface area contributed by atoms with Gasteiger partial charge in [-0.3, -0.25) is 14.9 Å². The number of nitro benzene ring substituents is 1. The molecule has 8 heteroatoms. The Morgan fingerprint density at radius 2 is 2.29 bits per heavy atom. The van der Waals surface area contributed by atoms with Gasteiger partial charge in [-0.05, 0) is 31.9 Å². The number of carbonyl (C=O) groups excluding carboxylic acids is 1. The highest BCUT2D eigenvalue weighted by molar-refractivity contribution is 6.32. The molecule has 0 spiro atoms. The molecule has 7 nitrogen and oxygen atoms in total. The van der Waals surface area contributed by atoms with Crippen molar-refractivity contribution in [2.75, 3.05) is 13.7 Å². The predicted molar refractivity (Wildman–Crippen MR) is 77.3 cm³/mol. The fourth-order valence-corrected chi connectivity index (χ4v) is 2.45. The number of carbonyl (C=O) groups is 1. The highest BCUT2D eigenvalue weighted by atomic mass is 35.5. The molecule has 1 unspecified atom stereocenters. The zero-order valence-corrected chi connectivity index (χ0v) is 12.2. The molecule has 0 saturated heterocycles. The number of halogens is 1. The summed E-state index contributed by atoms with van der Waals surface area (Å²) in [5, 5.41) is 13.9. The number of non-ortho nitro benzene ring substituents is 1. The number of nitro groups is 1. The van der Waals surface area contributed by atoms with E-state index in [1.165, 1.54) is 18.2 Å². The number of nitrogens with one attached hydrogen (secondary N) is 1. The highest BCUT2D eigenvalue weighted by Crippen LogP contribution is 2.40. The maximum Gasteiger partial charge on any atom is 0.273 e. The lowest BCUT2D eigenvalue weighted by Crippen LogP contribution is -2.59. The van der Waals surface area contributed by atoms with Crippen LogP contribution in [-0.4, -0.2) is 30.0 Å². The van der Waals surface area contributed by atoms with Gasteiger partial charge in [-0.25, -0.2) is 0 Å². The molecule has 3 N–H and O–H groups in total. The van der Waals surface area contributed by atoms with Gasteiger partial charge >= 0.3 is 0 Å². The van der Waals surface area contributed by atoms with Gasteiger partial charge < -0.3 is 15.8 Å². The molecule has 1 saturated carbocycles. The monoisotopic (exact) mass is 313 g/mol.